The van der Waals surface area contributed by atoms with Crippen molar-refractivity contribution < 1.29 is 4.39 Å². The van der Waals surface area contributed by atoms with E-state index in [9.17, 15) is 4.39 Å². The third kappa shape index (κ3) is 4.28. The first kappa shape index (κ1) is 18.8. The Bertz CT molecular complexity index is 976. The van der Waals surface area contributed by atoms with Crippen molar-refractivity contribution in [3.63, 3.8) is 0 Å². The number of halogens is 2. The van der Waals surface area contributed by atoms with Crippen molar-refractivity contribution in [2.75, 3.05) is 17.2 Å². The van der Waals surface area contributed by atoms with Gasteiger partial charge in [0, 0.05) is 18.3 Å². The molecule has 0 spiro atoms. The van der Waals surface area contributed by atoms with Gasteiger partial charge in [0.25, 0.3) is 0 Å². The lowest BCUT2D eigenvalue weighted by Crippen LogP contribution is -2.29. The highest BCUT2D eigenvalue weighted by Gasteiger charge is 2.18. The Labute approximate surface area is 167 Å². The molecule has 0 aliphatic heterocycles. The van der Waals surface area contributed by atoms with Gasteiger partial charge in [-0.2, -0.15) is 0 Å². The fraction of sp³-hybridized carbons (Fsp3) is 0.368. The first-order valence-electron chi connectivity index (χ1n) is 9.28. The van der Waals surface area contributed by atoms with Gasteiger partial charge in [0.2, 0.25) is 5.95 Å². The molecular weight excluding hydrogens is 381 g/mol. The molecule has 1 saturated carbocycles. The number of anilines is 3. The van der Waals surface area contributed by atoms with E-state index in [1.807, 2.05) is 0 Å². The Kier molecular flexibility index (Phi) is 5.50. The number of aromatic nitrogens is 4. The Morgan fingerprint density at radius 3 is 2.75 bits per heavy atom. The van der Waals surface area contributed by atoms with Crippen LogP contribution in [0, 0.1) is 11.7 Å². The summed E-state index contributed by atoms with van der Waals surface area (Å²) in [5.74, 6) is 1.13. The molecule has 0 radical (unpaired) electrons. The first-order chi connectivity index (χ1) is 13.6. The maximum atomic E-state index is 13.4. The SMILES string of the molecule is NC1CCC(CNc2ncc3ncnc(Nc4ccc(F)c(Cl)c4)c3n2)CC1. The summed E-state index contributed by atoms with van der Waals surface area (Å²) in [7, 11) is 0. The van der Waals surface area contributed by atoms with E-state index >= 15 is 0 Å². The van der Waals surface area contributed by atoms with Gasteiger partial charge in [0.05, 0.1) is 11.2 Å². The van der Waals surface area contributed by atoms with Crippen molar-refractivity contribution in [2.24, 2.45) is 11.7 Å². The molecule has 4 N–H and O–H groups in total. The molecular formula is C19H21ClFN7. The fourth-order valence-corrected chi connectivity index (χ4v) is 3.55. The van der Waals surface area contributed by atoms with Gasteiger partial charge in [-0.3, -0.25) is 0 Å². The minimum atomic E-state index is -0.475. The molecule has 1 aliphatic carbocycles. The van der Waals surface area contributed by atoms with E-state index in [1.165, 1.54) is 18.5 Å². The summed E-state index contributed by atoms with van der Waals surface area (Å²) in [6.07, 6.45) is 7.44. The molecule has 4 rings (SSSR count). The van der Waals surface area contributed by atoms with Crippen LogP contribution in [-0.2, 0) is 0 Å². The Morgan fingerprint density at radius 2 is 1.96 bits per heavy atom. The van der Waals surface area contributed by atoms with E-state index in [-0.39, 0.29) is 5.02 Å². The predicted molar refractivity (Wildman–Crippen MR) is 108 cm³/mol. The molecule has 1 aromatic carbocycles. The van der Waals surface area contributed by atoms with Crippen molar-refractivity contribution >= 4 is 40.1 Å². The molecule has 0 amide bonds. The minimum Gasteiger partial charge on any atom is -0.354 e. The van der Waals surface area contributed by atoms with Gasteiger partial charge in [-0.15, -0.1) is 0 Å². The van der Waals surface area contributed by atoms with Crippen LogP contribution >= 0.6 is 11.6 Å². The Hall–Kier alpha value is -2.58. The molecule has 1 fully saturated rings. The lowest BCUT2D eigenvalue weighted by atomic mass is 9.86. The van der Waals surface area contributed by atoms with Crippen molar-refractivity contribution in [1.82, 2.24) is 19.9 Å². The van der Waals surface area contributed by atoms with Crippen LogP contribution in [0.25, 0.3) is 11.0 Å². The van der Waals surface area contributed by atoms with E-state index in [4.69, 9.17) is 17.3 Å². The Morgan fingerprint density at radius 1 is 1.14 bits per heavy atom. The summed E-state index contributed by atoms with van der Waals surface area (Å²) < 4.78 is 13.4. The van der Waals surface area contributed by atoms with E-state index in [0.29, 0.717) is 40.4 Å². The summed E-state index contributed by atoms with van der Waals surface area (Å²) in [5.41, 5.74) is 7.76. The lowest BCUT2D eigenvalue weighted by Gasteiger charge is -2.26. The average molecular weight is 402 g/mol. The molecule has 0 atom stereocenters. The molecule has 3 aromatic rings. The van der Waals surface area contributed by atoms with E-state index in [2.05, 4.69) is 30.6 Å². The summed E-state index contributed by atoms with van der Waals surface area (Å²) in [6.45, 7) is 0.808. The zero-order valence-electron chi connectivity index (χ0n) is 15.2. The molecule has 7 nitrogen and oxygen atoms in total. The van der Waals surface area contributed by atoms with Crippen molar-refractivity contribution in [3.8, 4) is 0 Å². The van der Waals surface area contributed by atoms with Gasteiger partial charge in [-0.05, 0) is 49.8 Å². The van der Waals surface area contributed by atoms with Crippen molar-refractivity contribution in [2.45, 2.75) is 31.7 Å². The van der Waals surface area contributed by atoms with Crippen LogP contribution in [0.4, 0.5) is 21.8 Å². The highest BCUT2D eigenvalue weighted by molar-refractivity contribution is 6.31. The summed E-state index contributed by atoms with van der Waals surface area (Å²) in [4.78, 5) is 17.4. The number of benzene rings is 1. The zero-order valence-corrected chi connectivity index (χ0v) is 16.0. The predicted octanol–water partition coefficient (Wildman–Crippen LogP) is 3.89. The maximum absolute atomic E-state index is 13.4. The van der Waals surface area contributed by atoms with Crippen LogP contribution in [0.5, 0.6) is 0 Å². The monoisotopic (exact) mass is 401 g/mol. The first-order valence-corrected chi connectivity index (χ1v) is 9.65. The molecule has 28 heavy (non-hydrogen) atoms. The summed E-state index contributed by atoms with van der Waals surface area (Å²) in [6, 6.07) is 4.72. The minimum absolute atomic E-state index is 0.0348. The van der Waals surface area contributed by atoms with Gasteiger partial charge in [0.1, 0.15) is 23.2 Å². The van der Waals surface area contributed by atoms with Gasteiger partial charge in [0.15, 0.2) is 5.82 Å². The third-order valence-corrected chi connectivity index (χ3v) is 5.29. The molecule has 2 aromatic heterocycles. The molecule has 0 bridgehead atoms. The van der Waals surface area contributed by atoms with Crippen LogP contribution in [0.1, 0.15) is 25.7 Å². The number of nitrogens with one attached hydrogen (secondary N) is 2. The van der Waals surface area contributed by atoms with E-state index in [0.717, 1.165) is 32.2 Å². The number of hydrogen-bond acceptors (Lipinski definition) is 7. The zero-order chi connectivity index (χ0) is 19.5. The van der Waals surface area contributed by atoms with Crippen LogP contribution in [0.3, 0.4) is 0 Å². The second kappa shape index (κ2) is 8.20. The Balaban J connectivity index is 1.52. The third-order valence-electron chi connectivity index (χ3n) is 5.00. The highest BCUT2D eigenvalue weighted by Crippen LogP contribution is 2.26. The van der Waals surface area contributed by atoms with Crippen LogP contribution < -0.4 is 16.4 Å². The molecule has 0 saturated heterocycles. The number of nitrogens with two attached hydrogens (primary N) is 1. The number of hydrogen-bond donors (Lipinski definition) is 3. The quantitative estimate of drug-likeness (QED) is 0.596. The molecule has 146 valence electrons. The normalized spacial score (nSPS) is 19.5. The molecule has 0 unspecified atom stereocenters. The summed E-state index contributed by atoms with van der Waals surface area (Å²) >= 11 is 5.86. The van der Waals surface area contributed by atoms with Gasteiger partial charge in [-0.25, -0.2) is 24.3 Å². The number of nitrogens with zero attached hydrogens (tertiary/aromatic N) is 4. The number of rotatable bonds is 5. The topological polar surface area (TPSA) is 102 Å². The smallest absolute Gasteiger partial charge is 0.223 e. The molecule has 9 heteroatoms. The van der Waals surface area contributed by atoms with E-state index < -0.39 is 5.82 Å². The standard InChI is InChI=1S/C19H21ClFN7/c20-14-7-13(5-6-15(14)21)27-18-17-16(25-10-26-18)9-24-19(28-17)23-8-11-1-3-12(22)4-2-11/h5-7,9-12H,1-4,8,22H2,(H,23,24,28)(H,25,26,27). The van der Waals surface area contributed by atoms with Crippen molar-refractivity contribution in [3.05, 3.63) is 41.6 Å². The van der Waals surface area contributed by atoms with Gasteiger partial charge >= 0.3 is 0 Å². The molecule has 2 heterocycles. The van der Waals surface area contributed by atoms with Gasteiger partial charge < -0.3 is 16.4 Å². The maximum Gasteiger partial charge on any atom is 0.223 e. The van der Waals surface area contributed by atoms with Gasteiger partial charge in [-0.1, -0.05) is 11.6 Å². The van der Waals surface area contributed by atoms with Crippen LogP contribution in [0.15, 0.2) is 30.7 Å². The van der Waals surface area contributed by atoms with Crippen LogP contribution in [-0.4, -0.2) is 32.5 Å². The summed E-state index contributed by atoms with van der Waals surface area (Å²) in [5, 5.41) is 6.47. The van der Waals surface area contributed by atoms with Crippen molar-refractivity contribution in [1.29, 1.82) is 0 Å². The second-order valence-corrected chi connectivity index (χ2v) is 7.47. The fourth-order valence-electron chi connectivity index (χ4n) is 3.37. The second-order valence-electron chi connectivity index (χ2n) is 7.07. The average Bonchev–Trinajstić information content (AvgIpc) is 2.71. The molecule has 1 aliphatic rings. The lowest BCUT2D eigenvalue weighted by molar-refractivity contribution is 0.338. The van der Waals surface area contributed by atoms with Crippen LogP contribution in [0.2, 0.25) is 5.02 Å². The largest absolute Gasteiger partial charge is 0.354 e. The van der Waals surface area contributed by atoms with E-state index in [1.54, 1.807) is 12.3 Å². The number of fused-ring (bicyclic) bond motifs is 1. The highest BCUT2D eigenvalue weighted by atomic mass is 35.5.